The molecule has 0 radical (unpaired) electrons. The number of benzene rings is 1. The quantitative estimate of drug-likeness (QED) is 0.783. The van der Waals surface area contributed by atoms with E-state index in [1.165, 1.54) is 18.4 Å². The van der Waals surface area contributed by atoms with Crippen molar-refractivity contribution in [1.82, 2.24) is 5.32 Å². The Labute approximate surface area is 112 Å². The first-order valence-corrected chi connectivity index (χ1v) is 6.97. The second-order valence-corrected chi connectivity index (χ2v) is 5.28. The van der Waals surface area contributed by atoms with Gasteiger partial charge in [-0.15, -0.1) is 0 Å². The van der Waals surface area contributed by atoms with Gasteiger partial charge in [-0.25, -0.2) is 0 Å². The lowest BCUT2D eigenvalue weighted by Crippen LogP contribution is -2.30. The predicted molar refractivity (Wildman–Crippen MR) is 78.1 cm³/mol. The minimum Gasteiger partial charge on any atom is -0.496 e. The minimum atomic E-state index is 0.320. The van der Waals surface area contributed by atoms with Crippen LogP contribution in [0.3, 0.4) is 0 Å². The molecule has 0 aromatic heterocycles. The molecule has 0 aliphatic carbocycles. The lowest BCUT2D eigenvalue weighted by Gasteiger charge is -2.23. The largest absolute Gasteiger partial charge is 0.496 e. The molecule has 0 bridgehead atoms. The van der Waals surface area contributed by atoms with Gasteiger partial charge in [-0.05, 0) is 32.3 Å². The second kappa shape index (κ2) is 7.42. The van der Waals surface area contributed by atoms with Crippen LogP contribution in [0.2, 0.25) is 0 Å². The molecule has 0 aliphatic heterocycles. The maximum absolute atomic E-state index is 5.41. The molecule has 2 nitrogen and oxygen atoms in total. The summed E-state index contributed by atoms with van der Waals surface area (Å²) in [6.07, 6.45) is 2.46. The third kappa shape index (κ3) is 4.34. The number of methoxy groups -OCH3 is 1. The number of hydrogen-bond acceptors (Lipinski definition) is 2. The summed E-state index contributed by atoms with van der Waals surface area (Å²) in [6, 6.07) is 9.08. The van der Waals surface area contributed by atoms with Gasteiger partial charge in [0, 0.05) is 17.6 Å². The molecule has 1 N–H and O–H groups in total. The Morgan fingerprint density at radius 1 is 1.17 bits per heavy atom. The molecule has 3 unspecified atom stereocenters. The van der Waals surface area contributed by atoms with E-state index in [0.717, 1.165) is 11.7 Å². The van der Waals surface area contributed by atoms with Crippen molar-refractivity contribution in [3.05, 3.63) is 29.8 Å². The van der Waals surface area contributed by atoms with Crippen LogP contribution in [0.4, 0.5) is 0 Å². The van der Waals surface area contributed by atoms with Crippen molar-refractivity contribution in [2.24, 2.45) is 5.92 Å². The molecular weight excluding hydrogens is 222 g/mol. The van der Waals surface area contributed by atoms with Gasteiger partial charge in [0.25, 0.3) is 0 Å². The number of ether oxygens (including phenoxy) is 1. The Hall–Kier alpha value is -1.02. The van der Waals surface area contributed by atoms with Crippen molar-refractivity contribution < 1.29 is 4.74 Å². The monoisotopic (exact) mass is 249 g/mol. The van der Waals surface area contributed by atoms with E-state index in [1.807, 2.05) is 12.1 Å². The van der Waals surface area contributed by atoms with Gasteiger partial charge in [0.1, 0.15) is 5.75 Å². The Morgan fingerprint density at radius 2 is 1.83 bits per heavy atom. The van der Waals surface area contributed by atoms with E-state index in [9.17, 15) is 0 Å². The molecular formula is C16H27NO. The number of para-hydroxylation sites is 1. The van der Waals surface area contributed by atoms with Crippen LogP contribution in [-0.2, 0) is 0 Å². The van der Waals surface area contributed by atoms with Gasteiger partial charge in [0.2, 0.25) is 0 Å². The Kier molecular flexibility index (Phi) is 6.20. The average Bonchev–Trinajstić information content (AvgIpc) is 2.38. The Morgan fingerprint density at radius 3 is 2.44 bits per heavy atom. The van der Waals surface area contributed by atoms with E-state index in [0.29, 0.717) is 12.1 Å². The summed E-state index contributed by atoms with van der Waals surface area (Å²) >= 11 is 0. The van der Waals surface area contributed by atoms with Crippen molar-refractivity contribution in [1.29, 1.82) is 0 Å². The Balaban J connectivity index is 2.61. The molecule has 0 aliphatic rings. The van der Waals surface area contributed by atoms with Crippen LogP contribution in [0.25, 0.3) is 0 Å². The van der Waals surface area contributed by atoms with E-state index in [2.05, 4.69) is 45.1 Å². The maximum Gasteiger partial charge on any atom is 0.123 e. The highest BCUT2D eigenvalue weighted by molar-refractivity contribution is 5.35. The van der Waals surface area contributed by atoms with Crippen LogP contribution >= 0.6 is 0 Å². The van der Waals surface area contributed by atoms with Gasteiger partial charge in [-0.3, -0.25) is 0 Å². The van der Waals surface area contributed by atoms with Crippen LogP contribution in [0.5, 0.6) is 5.75 Å². The summed E-state index contributed by atoms with van der Waals surface area (Å²) < 4.78 is 5.41. The van der Waals surface area contributed by atoms with E-state index in [-0.39, 0.29) is 0 Å². The molecule has 0 amide bonds. The Bertz CT molecular complexity index is 351. The van der Waals surface area contributed by atoms with Crippen LogP contribution in [0, 0.1) is 5.92 Å². The predicted octanol–water partition coefficient (Wildman–Crippen LogP) is 4.17. The van der Waals surface area contributed by atoms with Crippen LogP contribution in [-0.4, -0.2) is 13.2 Å². The summed E-state index contributed by atoms with van der Waals surface area (Å²) in [5, 5.41) is 3.66. The minimum absolute atomic E-state index is 0.320. The smallest absolute Gasteiger partial charge is 0.123 e. The summed E-state index contributed by atoms with van der Waals surface area (Å²) in [5.41, 5.74) is 1.23. The fraction of sp³-hybridized carbons (Fsp3) is 0.625. The molecule has 1 aromatic carbocycles. The molecule has 2 heteroatoms. The molecule has 1 rings (SSSR count). The van der Waals surface area contributed by atoms with Gasteiger partial charge in [-0.1, -0.05) is 38.5 Å². The first kappa shape index (κ1) is 15.0. The van der Waals surface area contributed by atoms with Crippen LogP contribution < -0.4 is 10.1 Å². The van der Waals surface area contributed by atoms with Crippen molar-refractivity contribution >= 4 is 0 Å². The number of hydrogen-bond donors (Lipinski definition) is 1. The van der Waals surface area contributed by atoms with Crippen molar-refractivity contribution in [2.45, 2.75) is 52.6 Å². The summed E-state index contributed by atoms with van der Waals surface area (Å²) in [6.45, 7) is 9.02. The highest BCUT2D eigenvalue weighted by Gasteiger charge is 2.14. The first-order valence-electron chi connectivity index (χ1n) is 6.97. The fourth-order valence-electron chi connectivity index (χ4n) is 2.38. The normalized spacial score (nSPS) is 16.1. The SMILES string of the molecule is CCC(C)CC(C)NC(C)c1ccccc1OC. The number of nitrogens with one attached hydrogen (secondary N) is 1. The van der Waals surface area contributed by atoms with Gasteiger partial charge in [0.15, 0.2) is 0 Å². The van der Waals surface area contributed by atoms with Crippen LogP contribution in [0.15, 0.2) is 24.3 Å². The highest BCUT2D eigenvalue weighted by atomic mass is 16.5. The summed E-state index contributed by atoms with van der Waals surface area (Å²) in [7, 11) is 1.73. The van der Waals surface area contributed by atoms with Crippen molar-refractivity contribution in [2.75, 3.05) is 7.11 Å². The molecule has 0 heterocycles. The van der Waals surface area contributed by atoms with Gasteiger partial charge >= 0.3 is 0 Å². The zero-order valence-electron chi connectivity index (χ0n) is 12.4. The zero-order chi connectivity index (χ0) is 13.5. The van der Waals surface area contributed by atoms with E-state index < -0.39 is 0 Å². The lowest BCUT2D eigenvalue weighted by molar-refractivity contribution is 0.370. The molecule has 0 fully saturated rings. The van der Waals surface area contributed by atoms with Gasteiger partial charge in [0.05, 0.1) is 7.11 Å². The molecule has 102 valence electrons. The molecule has 3 atom stereocenters. The fourth-order valence-corrected chi connectivity index (χ4v) is 2.38. The maximum atomic E-state index is 5.41. The van der Waals surface area contributed by atoms with Crippen LogP contribution in [0.1, 0.15) is 52.1 Å². The highest BCUT2D eigenvalue weighted by Crippen LogP contribution is 2.25. The molecule has 1 aromatic rings. The summed E-state index contributed by atoms with van der Waals surface area (Å²) in [4.78, 5) is 0. The van der Waals surface area contributed by atoms with E-state index >= 15 is 0 Å². The average molecular weight is 249 g/mol. The molecule has 0 saturated carbocycles. The zero-order valence-corrected chi connectivity index (χ0v) is 12.4. The molecule has 18 heavy (non-hydrogen) atoms. The first-order chi connectivity index (χ1) is 8.58. The van der Waals surface area contributed by atoms with Gasteiger partial charge in [-0.2, -0.15) is 0 Å². The third-order valence-corrected chi connectivity index (χ3v) is 3.59. The van der Waals surface area contributed by atoms with Crippen molar-refractivity contribution in [3.8, 4) is 5.75 Å². The standard InChI is InChI=1S/C16H27NO/c1-6-12(2)11-13(3)17-14(4)15-9-7-8-10-16(15)18-5/h7-10,12-14,17H,6,11H2,1-5H3. The number of rotatable bonds is 7. The molecule has 0 spiro atoms. The topological polar surface area (TPSA) is 21.3 Å². The second-order valence-electron chi connectivity index (χ2n) is 5.28. The molecule has 0 saturated heterocycles. The summed E-state index contributed by atoms with van der Waals surface area (Å²) in [5.74, 6) is 1.74. The third-order valence-electron chi connectivity index (χ3n) is 3.59. The van der Waals surface area contributed by atoms with E-state index in [1.54, 1.807) is 7.11 Å². The van der Waals surface area contributed by atoms with Crippen molar-refractivity contribution in [3.63, 3.8) is 0 Å². The lowest BCUT2D eigenvalue weighted by atomic mass is 9.99. The van der Waals surface area contributed by atoms with Gasteiger partial charge < -0.3 is 10.1 Å². The van der Waals surface area contributed by atoms with E-state index in [4.69, 9.17) is 4.74 Å².